The number of hydrogen-bond donors (Lipinski definition) is 0. The average Bonchev–Trinajstić information content (AvgIpc) is 2.78. The summed E-state index contributed by atoms with van der Waals surface area (Å²) in [5.74, 6) is 1.21. The van der Waals surface area contributed by atoms with Crippen LogP contribution < -0.4 is 0 Å². The number of benzene rings is 1. The molecule has 0 fully saturated rings. The maximum absolute atomic E-state index is 5.98. The zero-order valence-electron chi connectivity index (χ0n) is 9.35. The van der Waals surface area contributed by atoms with Gasteiger partial charge in [0.25, 0.3) is 0 Å². The van der Waals surface area contributed by atoms with Crippen molar-refractivity contribution in [3.05, 3.63) is 52.1 Å². The van der Waals surface area contributed by atoms with Crippen LogP contribution in [0, 0.1) is 3.57 Å². The van der Waals surface area contributed by atoms with Crippen LogP contribution in [0.3, 0.4) is 0 Å². The Morgan fingerprint density at radius 3 is 2.67 bits per heavy atom. The van der Waals surface area contributed by atoms with Crippen LogP contribution in [0.2, 0.25) is 0 Å². The summed E-state index contributed by atoms with van der Waals surface area (Å²) in [6.45, 7) is 0. The van der Waals surface area contributed by atoms with E-state index in [2.05, 4.69) is 61.4 Å². The number of pyridine rings is 1. The summed E-state index contributed by atoms with van der Waals surface area (Å²) < 4.78 is 3.27. The normalized spacial score (nSPS) is 11.0. The van der Waals surface area contributed by atoms with E-state index in [1.165, 1.54) is 3.57 Å². The fourth-order valence-electron chi connectivity index (χ4n) is 1.95. The van der Waals surface area contributed by atoms with Crippen LogP contribution in [-0.2, 0) is 5.88 Å². The SMILES string of the molecule is ClCc1nc2cnccc2n1-c1ccc(I)cc1. The van der Waals surface area contributed by atoms with E-state index in [1.807, 2.05) is 6.07 Å². The molecule has 3 rings (SSSR count). The van der Waals surface area contributed by atoms with Gasteiger partial charge >= 0.3 is 0 Å². The number of hydrogen-bond acceptors (Lipinski definition) is 2. The third-order valence-electron chi connectivity index (χ3n) is 2.73. The molecule has 0 aliphatic heterocycles. The number of rotatable bonds is 2. The quantitative estimate of drug-likeness (QED) is 0.509. The van der Waals surface area contributed by atoms with E-state index < -0.39 is 0 Å². The number of nitrogens with zero attached hydrogens (tertiary/aromatic N) is 3. The standard InChI is InChI=1S/C13H9ClIN3/c14-7-13-17-11-8-16-6-5-12(11)18(13)10-3-1-9(15)2-4-10/h1-6,8H,7H2. The molecule has 0 aliphatic carbocycles. The van der Waals surface area contributed by atoms with Gasteiger partial charge in [-0.1, -0.05) is 0 Å². The fraction of sp³-hybridized carbons (Fsp3) is 0.0769. The van der Waals surface area contributed by atoms with Crippen molar-refractivity contribution in [3.63, 3.8) is 0 Å². The monoisotopic (exact) mass is 369 g/mol. The lowest BCUT2D eigenvalue weighted by molar-refractivity contribution is 0.981. The topological polar surface area (TPSA) is 30.7 Å². The van der Waals surface area contributed by atoms with Crippen LogP contribution in [0.4, 0.5) is 0 Å². The molecule has 2 aromatic heterocycles. The largest absolute Gasteiger partial charge is 0.295 e. The molecule has 0 spiro atoms. The number of halogens is 2. The van der Waals surface area contributed by atoms with Crippen molar-refractivity contribution >= 4 is 45.2 Å². The summed E-state index contributed by atoms with van der Waals surface area (Å²) in [6.07, 6.45) is 3.53. The zero-order chi connectivity index (χ0) is 12.5. The van der Waals surface area contributed by atoms with E-state index >= 15 is 0 Å². The fourth-order valence-corrected chi connectivity index (χ4v) is 2.49. The van der Waals surface area contributed by atoms with Gasteiger partial charge < -0.3 is 0 Å². The van der Waals surface area contributed by atoms with Crippen molar-refractivity contribution in [3.8, 4) is 5.69 Å². The first-order valence-electron chi connectivity index (χ1n) is 5.43. The molecule has 0 N–H and O–H groups in total. The maximum Gasteiger partial charge on any atom is 0.129 e. The van der Waals surface area contributed by atoms with Gasteiger partial charge in [0.2, 0.25) is 0 Å². The van der Waals surface area contributed by atoms with Gasteiger partial charge in [-0.05, 0) is 52.9 Å². The number of fused-ring (bicyclic) bond motifs is 1. The molecule has 0 saturated heterocycles. The first-order valence-corrected chi connectivity index (χ1v) is 7.04. The molecule has 2 heterocycles. The van der Waals surface area contributed by atoms with E-state index in [4.69, 9.17) is 11.6 Å². The van der Waals surface area contributed by atoms with Crippen LogP contribution in [0.1, 0.15) is 5.82 Å². The van der Waals surface area contributed by atoms with Crippen molar-refractivity contribution in [2.75, 3.05) is 0 Å². The van der Waals surface area contributed by atoms with Gasteiger partial charge in [-0.15, -0.1) is 11.6 Å². The predicted octanol–water partition coefficient (Wildman–Crippen LogP) is 3.76. The first-order chi connectivity index (χ1) is 8.79. The smallest absolute Gasteiger partial charge is 0.129 e. The van der Waals surface area contributed by atoms with Gasteiger partial charge in [-0.3, -0.25) is 9.55 Å². The second-order valence-corrected chi connectivity index (χ2v) is 5.35. The highest BCUT2D eigenvalue weighted by atomic mass is 127. The molecule has 0 atom stereocenters. The Labute approximate surface area is 123 Å². The number of aromatic nitrogens is 3. The molecule has 0 bridgehead atoms. The summed E-state index contributed by atoms with van der Waals surface area (Å²) >= 11 is 8.27. The molecule has 90 valence electrons. The predicted molar refractivity (Wildman–Crippen MR) is 81.1 cm³/mol. The molecule has 5 heteroatoms. The minimum atomic E-state index is 0.376. The third-order valence-corrected chi connectivity index (χ3v) is 3.69. The summed E-state index contributed by atoms with van der Waals surface area (Å²) in [5, 5.41) is 0. The van der Waals surface area contributed by atoms with E-state index in [0.29, 0.717) is 5.88 Å². The lowest BCUT2D eigenvalue weighted by Gasteiger charge is -2.07. The molecule has 0 saturated carbocycles. The van der Waals surface area contributed by atoms with Crippen LogP contribution in [-0.4, -0.2) is 14.5 Å². The lowest BCUT2D eigenvalue weighted by Crippen LogP contribution is -1.99. The maximum atomic E-state index is 5.98. The Morgan fingerprint density at radius 2 is 1.94 bits per heavy atom. The number of alkyl halides is 1. The second kappa shape index (κ2) is 4.85. The Bertz CT molecular complexity index is 691. The van der Waals surface area contributed by atoms with Gasteiger partial charge in [0.1, 0.15) is 11.3 Å². The van der Waals surface area contributed by atoms with Crippen molar-refractivity contribution in [1.82, 2.24) is 14.5 Å². The second-order valence-electron chi connectivity index (χ2n) is 3.84. The summed E-state index contributed by atoms with van der Waals surface area (Å²) in [6, 6.07) is 10.2. The Balaban J connectivity index is 2.29. The van der Waals surface area contributed by atoms with Crippen LogP contribution in [0.25, 0.3) is 16.7 Å². The van der Waals surface area contributed by atoms with Gasteiger partial charge in [-0.2, -0.15) is 0 Å². The third kappa shape index (κ3) is 1.99. The van der Waals surface area contributed by atoms with Crippen LogP contribution in [0.5, 0.6) is 0 Å². The lowest BCUT2D eigenvalue weighted by atomic mass is 10.3. The van der Waals surface area contributed by atoms with Gasteiger partial charge in [0.15, 0.2) is 0 Å². The molecule has 1 aromatic carbocycles. The Morgan fingerprint density at radius 1 is 1.17 bits per heavy atom. The highest BCUT2D eigenvalue weighted by Gasteiger charge is 2.11. The first kappa shape index (κ1) is 11.9. The molecule has 0 aliphatic rings. The molecular formula is C13H9ClIN3. The highest BCUT2D eigenvalue weighted by molar-refractivity contribution is 14.1. The average molecular weight is 370 g/mol. The Kier molecular flexibility index (Phi) is 3.22. The summed E-state index contributed by atoms with van der Waals surface area (Å²) in [5.41, 5.74) is 2.97. The van der Waals surface area contributed by atoms with E-state index in [9.17, 15) is 0 Å². The van der Waals surface area contributed by atoms with Crippen molar-refractivity contribution in [2.45, 2.75) is 5.88 Å². The summed E-state index contributed by atoms with van der Waals surface area (Å²) in [4.78, 5) is 8.59. The minimum absolute atomic E-state index is 0.376. The Hall–Kier alpha value is -1.14. The molecule has 0 radical (unpaired) electrons. The molecule has 0 amide bonds. The van der Waals surface area contributed by atoms with Gasteiger partial charge in [-0.25, -0.2) is 4.98 Å². The molecular weight excluding hydrogens is 361 g/mol. The highest BCUT2D eigenvalue weighted by Crippen LogP contribution is 2.22. The van der Waals surface area contributed by atoms with Crippen LogP contribution >= 0.6 is 34.2 Å². The van der Waals surface area contributed by atoms with Gasteiger partial charge in [0, 0.05) is 15.5 Å². The van der Waals surface area contributed by atoms with Crippen molar-refractivity contribution in [2.24, 2.45) is 0 Å². The van der Waals surface area contributed by atoms with E-state index in [-0.39, 0.29) is 0 Å². The minimum Gasteiger partial charge on any atom is -0.295 e. The molecule has 18 heavy (non-hydrogen) atoms. The molecule has 0 unspecified atom stereocenters. The molecule has 3 aromatic rings. The number of imidazole rings is 1. The van der Waals surface area contributed by atoms with Gasteiger partial charge in [0.05, 0.1) is 17.6 Å². The molecule has 3 nitrogen and oxygen atoms in total. The van der Waals surface area contributed by atoms with Crippen molar-refractivity contribution in [1.29, 1.82) is 0 Å². The van der Waals surface area contributed by atoms with Crippen LogP contribution in [0.15, 0.2) is 42.7 Å². The van der Waals surface area contributed by atoms with E-state index in [0.717, 1.165) is 22.5 Å². The van der Waals surface area contributed by atoms with Crippen molar-refractivity contribution < 1.29 is 0 Å². The summed E-state index contributed by atoms with van der Waals surface area (Å²) in [7, 11) is 0. The zero-order valence-corrected chi connectivity index (χ0v) is 12.3. The van der Waals surface area contributed by atoms with E-state index in [1.54, 1.807) is 12.4 Å².